The summed E-state index contributed by atoms with van der Waals surface area (Å²) in [4.78, 5) is 12.2. The van der Waals surface area contributed by atoms with Crippen molar-refractivity contribution >= 4 is 27.2 Å². The zero-order valence-electron chi connectivity index (χ0n) is 14.6. The Kier molecular flexibility index (Phi) is 6.01. The molecule has 2 aromatic rings. The highest BCUT2D eigenvalue weighted by Gasteiger charge is 2.10. The Bertz CT molecular complexity index is 935. The van der Waals surface area contributed by atoms with Gasteiger partial charge in [0.05, 0.1) is 19.1 Å². The molecule has 2 aromatic carbocycles. The van der Waals surface area contributed by atoms with E-state index in [-0.39, 0.29) is 10.8 Å². The lowest BCUT2D eigenvalue weighted by molar-refractivity contribution is -0.111. The minimum absolute atomic E-state index is 0.0230. The van der Waals surface area contributed by atoms with Crippen LogP contribution in [-0.4, -0.2) is 28.5 Å². The van der Waals surface area contributed by atoms with Crippen molar-refractivity contribution in [1.29, 1.82) is 0 Å². The molecule has 0 heterocycles. The van der Waals surface area contributed by atoms with Gasteiger partial charge in [0.25, 0.3) is 0 Å². The van der Waals surface area contributed by atoms with Crippen LogP contribution in [0.1, 0.15) is 12.5 Å². The normalized spacial score (nSPS) is 11.8. The number of ether oxygens (including phenoxy) is 2. The third kappa shape index (κ3) is 4.84. The van der Waals surface area contributed by atoms with E-state index in [2.05, 4.69) is 5.32 Å². The number of amides is 1. The maximum absolute atomic E-state index is 12.2. The van der Waals surface area contributed by atoms with Gasteiger partial charge in [-0.15, -0.1) is 0 Å². The summed E-state index contributed by atoms with van der Waals surface area (Å²) in [6.07, 6.45) is 1.43. The Morgan fingerprint density at radius 2 is 1.73 bits per heavy atom. The summed E-state index contributed by atoms with van der Waals surface area (Å²) in [5.41, 5.74) is 1.91. The zero-order chi connectivity index (χ0) is 19.3. The summed E-state index contributed by atoms with van der Waals surface area (Å²) in [5, 5.41) is 7.71. The number of sulfonamides is 1. The molecule has 0 bridgehead atoms. The van der Waals surface area contributed by atoms with Crippen LogP contribution in [0.3, 0.4) is 0 Å². The number of methoxy groups -OCH3 is 2. The monoisotopic (exact) mass is 376 g/mol. The molecule has 0 saturated carbocycles. The second-order valence-electron chi connectivity index (χ2n) is 5.45. The summed E-state index contributed by atoms with van der Waals surface area (Å²) >= 11 is 0. The summed E-state index contributed by atoms with van der Waals surface area (Å²) in [7, 11) is -0.664. The number of anilines is 1. The van der Waals surface area contributed by atoms with Crippen molar-refractivity contribution in [3.05, 3.63) is 54.1 Å². The highest BCUT2D eigenvalue weighted by molar-refractivity contribution is 7.89. The number of rotatable bonds is 6. The fourth-order valence-corrected chi connectivity index (χ4v) is 2.82. The van der Waals surface area contributed by atoms with Gasteiger partial charge < -0.3 is 14.8 Å². The van der Waals surface area contributed by atoms with E-state index in [0.717, 1.165) is 5.56 Å². The van der Waals surface area contributed by atoms with Gasteiger partial charge in [-0.05, 0) is 48.9 Å². The molecule has 0 saturated heterocycles. The molecular weight excluding hydrogens is 356 g/mol. The molecule has 0 atom stereocenters. The van der Waals surface area contributed by atoms with E-state index in [1.807, 2.05) is 0 Å². The second-order valence-corrected chi connectivity index (χ2v) is 7.01. The number of carbonyl (C=O) groups is 1. The van der Waals surface area contributed by atoms with Gasteiger partial charge in [0, 0.05) is 23.4 Å². The number of primary sulfonamides is 1. The van der Waals surface area contributed by atoms with E-state index in [1.54, 1.807) is 39.3 Å². The Morgan fingerprint density at radius 3 is 2.27 bits per heavy atom. The molecular formula is C18H20N2O5S. The van der Waals surface area contributed by atoms with Gasteiger partial charge in [-0.25, -0.2) is 13.6 Å². The maximum atomic E-state index is 12.2. The number of carbonyl (C=O) groups excluding carboxylic acids is 1. The van der Waals surface area contributed by atoms with E-state index in [1.165, 1.54) is 30.3 Å². The number of allylic oxidation sites excluding steroid dienone is 1. The Balaban J connectivity index is 2.17. The molecule has 0 radical (unpaired) electrons. The van der Waals surface area contributed by atoms with E-state index in [4.69, 9.17) is 14.6 Å². The molecule has 0 aliphatic rings. The maximum Gasteiger partial charge on any atom is 0.248 e. The molecule has 3 N–H and O–H groups in total. The van der Waals surface area contributed by atoms with E-state index in [0.29, 0.717) is 22.8 Å². The van der Waals surface area contributed by atoms with Crippen LogP contribution < -0.4 is 19.9 Å². The van der Waals surface area contributed by atoms with Crippen molar-refractivity contribution < 1.29 is 22.7 Å². The molecule has 26 heavy (non-hydrogen) atoms. The van der Waals surface area contributed by atoms with Gasteiger partial charge in [-0.2, -0.15) is 0 Å². The molecule has 0 aliphatic carbocycles. The van der Waals surface area contributed by atoms with Crippen LogP contribution in [0.15, 0.2) is 53.4 Å². The van der Waals surface area contributed by atoms with Crippen LogP contribution in [-0.2, 0) is 14.8 Å². The van der Waals surface area contributed by atoms with Gasteiger partial charge in [0.15, 0.2) is 0 Å². The van der Waals surface area contributed by atoms with Crippen molar-refractivity contribution in [3.8, 4) is 11.5 Å². The predicted molar refractivity (Wildman–Crippen MR) is 99.6 cm³/mol. The minimum atomic E-state index is -3.77. The first-order chi connectivity index (χ1) is 12.2. The first-order valence-electron chi connectivity index (χ1n) is 7.59. The third-order valence-electron chi connectivity index (χ3n) is 3.63. The Labute approximate surface area is 152 Å². The van der Waals surface area contributed by atoms with Gasteiger partial charge in [-0.1, -0.05) is 0 Å². The van der Waals surface area contributed by atoms with Gasteiger partial charge in [-0.3, -0.25) is 4.79 Å². The second kappa shape index (κ2) is 8.03. The van der Waals surface area contributed by atoms with Crippen molar-refractivity contribution in [2.75, 3.05) is 19.5 Å². The molecule has 2 rings (SSSR count). The topological polar surface area (TPSA) is 108 Å². The first kappa shape index (κ1) is 19.5. The Morgan fingerprint density at radius 1 is 1.08 bits per heavy atom. The lowest BCUT2D eigenvalue weighted by Crippen LogP contribution is -2.12. The van der Waals surface area contributed by atoms with Crippen LogP contribution in [0.25, 0.3) is 5.57 Å². The van der Waals surface area contributed by atoms with Crippen molar-refractivity contribution in [3.63, 3.8) is 0 Å². The lowest BCUT2D eigenvalue weighted by Gasteiger charge is -2.11. The highest BCUT2D eigenvalue weighted by atomic mass is 32.2. The fourth-order valence-electron chi connectivity index (χ4n) is 2.30. The van der Waals surface area contributed by atoms with Gasteiger partial charge in [0.2, 0.25) is 15.9 Å². The first-order valence-corrected chi connectivity index (χ1v) is 9.14. The van der Waals surface area contributed by atoms with Gasteiger partial charge >= 0.3 is 0 Å². The van der Waals surface area contributed by atoms with Gasteiger partial charge in [0.1, 0.15) is 11.5 Å². The third-order valence-corrected chi connectivity index (χ3v) is 4.56. The zero-order valence-corrected chi connectivity index (χ0v) is 15.5. The molecule has 0 spiro atoms. The number of hydrogen-bond donors (Lipinski definition) is 2. The van der Waals surface area contributed by atoms with Crippen molar-refractivity contribution in [1.82, 2.24) is 0 Å². The minimum Gasteiger partial charge on any atom is -0.497 e. The average Bonchev–Trinajstić information content (AvgIpc) is 2.60. The van der Waals surface area contributed by atoms with E-state index in [9.17, 15) is 13.2 Å². The molecule has 0 aliphatic heterocycles. The smallest absolute Gasteiger partial charge is 0.248 e. The molecule has 7 nitrogen and oxygen atoms in total. The number of nitrogens with one attached hydrogen (secondary N) is 1. The van der Waals surface area contributed by atoms with Crippen LogP contribution in [0.4, 0.5) is 5.69 Å². The standard InChI is InChI=1S/C18H20N2O5S/c1-12(16-9-6-14(24-2)11-17(16)25-3)10-18(21)20-13-4-7-15(8-5-13)26(19,22)23/h4-11H,1-3H3,(H,20,21)(H2,19,22,23)/b12-10+. The van der Waals surface area contributed by atoms with Crippen LogP contribution >= 0.6 is 0 Å². The molecule has 0 aromatic heterocycles. The summed E-state index contributed by atoms with van der Waals surface area (Å²) in [5.74, 6) is 0.880. The van der Waals surface area contributed by atoms with Crippen LogP contribution in [0.2, 0.25) is 0 Å². The summed E-state index contributed by atoms with van der Waals surface area (Å²) < 4.78 is 33.0. The summed E-state index contributed by atoms with van der Waals surface area (Å²) in [6, 6.07) is 10.9. The van der Waals surface area contributed by atoms with E-state index < -0.39 is 10.0 Å². The van der Waals surface area contributed by atoms with Crippen LogP contribution in [0, 0.1) is 0 Å². The highest BCUT2D eigenvalue weighted by Crippen LogP contribution is 2.29. The summed E-state index contributed by atoms with van der Waals surface area (Å²) in [6.45, 7) is 1.79. The number of nitrogens with two attached hydrogens (primary N) is 1. The molecule has 138 valence electrons. The molecule has 0 fully saturated rings. The van der Waals surface area contributed by atoms with Crippen LogP contribution in [0.5, 0.6) is 11.5 Å². The predicted octanol–water partition coefficient (Wildman–Crippen LogP) is 2.39. The SMILES string of the molecule is COc1ccc(/C(C)=C/C(=O)Nc2ccc(S(N)(=O)=O)cc2)c(OC)c1. The lowest BCUT2D eigenvalue weighted by atomic mass is 10.1. The number of benzene rings is 2. The number of hydrogen-bond acceptors (Lipinski definition) is 5. The average molecular weight is 376 g/mol. The Hall–Kier alpha value is -2.84. The van der Waals surface area contributed by atoms with Crippen molar-refractivity contribution in [2.24, 2.45) is 5.14 Å². The molecule has 1 amide bonds. The fraction of sp³-hybridized carbons (Fsp3) is 0.167. The molecule has 8 heteroatoms. The van der Waals surface area contributed by atoms with E-state index >= 15 is 0 Å². The van der Waals surface area contributed by atoms with Crippen molar-refractivity contribution in [2.45, 2.75) is 11.8 Å². The molecule has 0 unspecified atom stereocenters. The largest absolute Gasteiger partial charge is 0.497 e. The quantitative estimate of drug-likeness (QED) is 0.753.